The second-order valence-electron chi connectivity index (χ2n) is 9.00. The molecular formula is C27H15Br2F10OS. The zero-order valence-electron chi connectivity index (χ0n) is 20.0. The Labute approximate surface area is 247 Å². The zero-order chi connectivity index (χ0) is 30.6. The number of halogens is 12. The first-order valence-electron chi connectivity index (χ1n) is 11.3. The van der Waals surface area contributed by atoms with Gasteiger partial charge in [-0.05, 0) is 24.3 Å². The first-order valence-corrected chi connectivity index (χ1v) is 14.1. The van der Waals surface area contributed by atoms with Crippen LogP contribution in [0.4, 0.5) is 43.9 Å². The maximum absolute atomic E-state index is 15.3. The Morgan fingerprint density at radius 3 is 1.63 bits per heavy atom. The van der Waals surface area contributed by atoms with Gasteiger partial charge in [0, 0.05) is 23.1 Å². The molecule has 0 aromatic heterocycles. The second kappa shape index (κ2) is 10.9. The maximum atomic E-state index is 15.3. The van der Waals surface area contributed by atoms with Gasteiger partial charge in [0.1, 0.15) is 22.4 Å². The Morgan fingerprint density at radius 2 is 1.15 bits per heavy atom. The van der Waals surface area contributed by atoms with Crippen LogP contribution in [0.1, 0.15) is 22.6 Å². The fraction of sp³-hybridized carbons (Fsp3) is 0.222. The highest BCUT2D eigenvalue weighted by Crippen LogP contribution is 2.64. The summed E-state index contributed by atoms with van der Waals surface area (Å²) in [6, 6.07) is 13.4. The predicted octanol–water partition coefficient (Wildman–Crippen LogP) is 9.41. The minimum absolute atomic E-state index is 0.382. The van der Waals surface area contributed by atoms with Crippen molar-refractivity contribution in [2.75, 3.05) is 0 Å². The summed E-state index contributed by atoms with van der Waals surface area (Å²) >= 11 is 1.78. The number of alkyl halides is 9. The smallest absolute Gasteiger partial charge is 0.486 e. The maximum Gasteiger partial charge on any atom is 0.486 e. The molecule has 0 saturated carbocycles. The molecule has 1 nitrogen and oxygen atoms in total. The van der Waals surface area contributed by atoms with Crippen molar-refractivity contribution < 1.29 is 48.5 Å². The fourth-order valence-corrected chi connectivity index (χ4v) is 8.72. The molecule has 0 aliphatic heterocycles. The van der Waals surface area contributed by atoms with Crippen molar-refractivity contribution >= 4 is 43.0 Å². The molecule has 0 saturated heterocycles. The molecule has 0 N–H and O–H groups in total. The van der Waals surface area contributed by atoms with E-state index < -0.39 is 76.6 Å². The molecule has 1 aliphatic rings. The van der Waals surface area contributed by atoms with E-state index in [4.69, 9.17) is 0 Å². The number of benzene rings is 3. The SMILES string of the molecule is [O-][S+](C1=CC(Br)(c2ccccc2F)[CH]C(Br)(c2ccccc2F)C1c1ccccc1F)C(F)(F)C(F)(F)C(F)(F)F. The molecule has 0 heterocycles. The molecule has 1 radical (unpaired) electrons. The van der Waals surface area contributed by atoms with Crippen molar-refractivity contribution in [3.05, 3.63) is 124 Å². The molecule has 14 heteroatoms. The third-order valence-corrected chi connectivity index (χ3v) is 9.94. The molecule has 0 fully saturated rings. The van der Waals surface area contributed by atoms with Crippen LogP contribution in [0.15, 0.2) is 83.8 Å². The zero-order valence-corrected chi connectivity index (χ0v) is 24.0. The van der Waals surface area contributed by atoms with Gasteiger partial charge < -0.3 is 4.55 Å². The highest BCUT2D eigenvalue weighted by molar-refractivity contribution is 9.10. The van der Waals surface area contributed by atoms with E-state index in [0.717, 1.165) is 42.8 Å². The summed E-state index contributed by atoms with van der Waals surface area (Å²) in [6.07, 6.45) is -5.19. The monoisotopic (exact) mass is 735 g/mol. The lowest BCUT2D eigenvalue weighted by molar-refractivity contribution is -0.331. The summed E-state index contributed by atoms with van der Waals surface area (Å²) < 4.78 is 152. The summed E-state index contributed by atoms with van der Waals surface area (Å²) in [5, 5.41) is -6.30. The minimum atomic E-state index is -6.84. The van der Waals surface area contributed by atoms with E-state index in [1.165, 1.54) is 36.4 Å². The Hall–Kier alpha value is -2.03. The molecule has 4 rings (SSSR count). The lowest BCUT2D eigenvalue weighted by Crippen LogP contribution is -2.57. The third-order valence-electron chi connectivity index (χ3n) is 6.44. The quantitative estimate of drug-likeness (QED) is 0.141. The van der Waals surface area contributed by atoms with Crippen LogP contribution in [0.3, 0.4) is 0 Å². The summed E-state index contributed by atoms with van der Waals surface area (Å²) in [7, 11) is 0. The summed E-state index contributed by atoms with van der Waals surface area (Å²) in [5.41, 5.74) is -1.41. The van der Waals surface area contributed by atoms with Crippen LogP contribution in [-0.2, 0) is 19.8 Å². The van der Waals surface area contributed by atoms with Crippen LogP contribution in [0.5, 0.6) is 0 Å². The van der Waals surface area contributed by atoms with Gasteiger partial charge in [0.2, 0.25) is 0 Å². The Balaban J connectivity index is 2.12. The van der Waals surface area contributed by atoms with E-state index >= 15 is 22.0 Å². The van der Waals surface area contributed by atoms with Gasteiger partial charge in [-0.15, -0.1) is 8.78 Å². The van der Waals surface area contributed by atoms with E-state index in [2.05, 4.69) is 31.9 Å². The topological polar surface area (TPSA) is 23.1 Å². The summed E-state index contributed by atoms with van der Waals surface area (Å²) in [4.78, 5) is -1.35. The molecule has 0 spiro atoms. The average Bonchev–Trinajstić information content (AvgIpc) is 2.88. The standard InChI is InChI=1S/C27H15Br2F10OS/c28-23(16-8-2-5-11-19(16)31)13-21(41(40)27(38,39)25(33,34)26(35,36)37)22(15-7-1-4-10-18(15)30)24(29,14-23)17-9-3-6-12-20(17)32/h1-14,22H. The number of allylic oxidation sites excluding steroid dienone is 2. The van der Waals surface area contributed by atoms with E-state index in [1.807, 2.05) is 0 Å². The van der Waals surface area contributed by atoms with Crippen molar-refractivity contribution in [2.24, 2.45) is 0 Å². The van der Waals surface area contributed by atoms with Gasteiger partial charge in [-0.3, -0.25) is 0 Å². The van der Waals surface area contributed by atoms with Crippen molar-refractivity contribution in [3.63, 3.8) is 0 Å². The predicted molar refractivity (Wildman–Crippen MR) is 140 cm³/mol. The van der Waals surface area contributed by atoms with E-state index in [-0.39, 0.29) is 5.56 Å². The lowest BCUT2D eigenvalue weighted by atomic mass is 9.70. The van der Waals surface area contributed by atoms with Gasteiger partial charge in [0.15, 0.2) is 0 Å². The molecule has 3 aromatic carbocycles. The third kappa shape index (κ3) is 5.33. The second-order valence-corrected chi connectivity index (χ2v) is 13.1. The van der Waals surface area contributed by atoms with E-state index in [0.29, 0.717) is 6.08 Å². The molecule has 1 aliphatic carbocycles. The van der Waals surface area contributed by atoms with Crippen LogP contribution in [0.25, 0.3) is 0 Å². The largest absolute Gasteiger partial charge is 0.607 e. The normalized spacial score (nSPS) is 24.6. The number of hydrogen-bond acceptors (Lipinski definition) is 1. The molecule has 4 atom stereocenters. The van der Waals surface area contributed by atoms with Crippen LogP contribution in [0.2, 0.25) is 0 Å². The number of rotatable bonds is 6. The van der Waals surface area contributed by atoms with Crippen molar-refractivity contribution in [1.29, 1.82) is 0 Å². The minimum Gasteiger partial charge on any atom is -0.607 e. The highest BCUT2D eigenvalue weighted by Gasteiger charge is 2.81. The Kier molecular flexibility index (Phi) is 8.49. The molecule has 3 aromatic rings. The summed E-state index contributed by atoms with van der Waals surface area (Å²) in [5.74, 6) is -12.1. The highest BCUT2D eigenvalue weighted by atomic mass is 79.9. The van der Waals surface area contributed by atoms with Crippen LogP contribution >= 0.6 is 31.9 Å². The average molecular weight is 737 g/mol. The Morgan fingerprint density at radius 1 is 0.683 bits per heavy atom. The molecule has 41 heavy (non-hydrogen) atoms. The first-order chi connectivity index (χ1) is 18.9. The van der Waals surface area contributed by atoms with Crippen LogP contribution < -0.4 is 0 Å². The molecule has 219 valence electrons. The van der Waals surface area contributed by atoms with Gasteiger partial charge in [0.25, 0.3) is 0 Å². The van der Waals surface area contributed by atoms with Crippen LogP contribution in [0, 0.1) is 23.9 Å². The molecular weight excluding hydrogens is 722 g/mol. The fourth-order valence-electron chi connectivity index (χ4n) is 4.54. The van der Waals surface area contributed by atoms with Gasteiger partial charge in [-0.25, -0.2) is 13.2 Å². The van der Waals surface area contributed by atoms with Gasteiger partial charge in [0.05, 0.1) is 25.7 Å². The molecule has 0 amide bonds. The van der Waals surface area contributed by atoms with Gasteiger partial charge >= 0.3 is 17.4 Å². The van der Waals surface area contributed by atoms with Gasteiger partial charge in [-0.1, -0.05) is 86.5 Å². The summed E-state index contributed by atoms with van der Waals surface area (Å²) in [6.45, 7) is 0. The van der Waals surface area contributed by atoms with Crippen LogP contribution in [-0.4, -0.2) is 21.9 Å². The Bertz CT molecular complexity index is 1480. The van der Waals surface area contributed by atoms with E-state index in [1.54, 1.807) is 0 Å². The number of hydrogen-bond donors (Lipinski definition) is 0. The van der Waals surface area contributed by atoms with Crippen molar-refractivity contribution in [1.82, 2.24) is 0 Å². The molecule has 4 unspecified atom stereocenters. The molecule has 0 bridgehead atoms. The van der Waals surface area contributed by atoms with Gasteiger partial charge in [-0.2, -0.15) is 22.0 Å². The van der Waals surface area contributed by atoms with E-state index in [9.17, 15) is 26.5 Å². The van der Waals surface area contributed by atoms with Crippen molar-refractivity contribution in [2.45, 2.75) is 31.9 Å². The first kappa shape index (κ1) is 31.9. The van der Waals surface area contributed by atoms with Crippen molar-refractivity contribution in [3.8, 4) is 0 Å². The lowest BCUT2D eigenvalue weighted by Gasteiger charge is -2.46.